The van der Waals surface area contributed by atoms with Crippen LogP contribution in [0.15, 0.2) is 30.6 Å². The van der Waals surface area contributed by atoms with Crippen LogP contribution in [0.5, 0.6) is 0 Å². The Labute approximate surface area is 121 Å². The first kappa shape index (κ1) is 14.5. The lowest BCUT2D eigenvalue weighted by Gasteiger charge is -2.06. The zero-order valence-corrected chi connectivity index (χ0v) is 11.8. The van der Waals surface area contributed by atoms with Gasteiger partial charge in [-0.2, -0.15) is 5.10 Å². The number of aromatic nitrogens is 2. The first-order valence-corrected chi connectivity index (χ1v) is 6.55. The van der Waals surface area contributed by atoms with E-state index < -0.39 is 4.92 Å². The third-order valence-corrected chi connectivity index (χ3v) is 3.27. The van der Waals surface area contributed by atoms with Crippen LogP contribution < -0.4 is 5.32 Å². The number of nitro groups is 1. The zero-order chi connectivity index (χ0) is 14.5. The van der Waals surface area contributed by atoms with E-state index in [1.807, 2.05) is 19.4 Å². The molecular formula is C13H15ClN4O2. The maximum absolute atomic E-state index is 10.7. The number of benzene rings is 1. The molecule has 2 aromatic rings. The number of rotatable bonds is 6. The number of aryl methyl sites for hydroxylation is 1. The number of hydrogen-bond acceptors (Lipinski definition) is 4. The standard InChI is InChI=1S/C13H15ClN4O2/c1-17-9-10(7-16-17)4-5-15-8-11-6-12(18(19)20)2-3-13(11)14/h2-3,6-7,9,15H,4-5,8H2,1H3. The van der Waals surface area contributed by atoms with Gasteiger partial charge in [-0.3, -0.25) is 14.8 Å². The fourth-order valence-corrected chi connectivity index (χ4v) is 2.05. The van der Waals surface area contributed by atoms with Crippen molar-refractivity contribution in [2.24, 2.45) is 7.05 Å². The van der Waals surface area contributed by atoms with Crippen molar-refractivity contribution in [2.75, 3.05) is 6.54 Å². The average molecular weight is 295 g/mol. The monoisotopic (exact) mass is 294 g/mol. The molecular weight excluding hydrogens is 280 g/mol. The molecule has 0 aliphatic heterocycles. The molecule has 1 aromatic carbocycles. The lowest BCUT2D eigenvalue weighted by atomic mass is 10.2. The van der Waals surface area contributed by atoms with Gasteiger partial charge in [0.25, 0.3) is 5.69 Å². The van der Waals surface area contributed by atoms with E-state index in [2.05, 4.69) is 10.4 Å². The van der Waals surface area contributed by atoms with Crippen LogP contribution in [0.25, 0.3) is 0 Å². The Kier molecular flexibility index (Phi) is 4.70. The Morgan fingerprint density at radius 3 is 2.95 bits per heavy atom. The Hall–Kier alpha value is -1.92. The molecule has 6 nitrogen and oxygen atoms in total. The predicted molar refractivity (Wildman–Crippen MR) is 76.7 cm³/mol. The second-order valence-electron chi connectivity index (χ2n) is 4.48. The van der Waals surface area contributed by atoms with Gasteiger partial charge >= 0.3 is 0 Å². The maximum Gasteiger partial charge on any atom is 0.269 e. The van der Waals surface area contributed by atoms with Crippen molar-refractivity contribution < 1.29 is 4.92 Å². The van der Waals surface area contributed by atoms with Gasteiger partial charge in [0, 0.05) is 36.9 Å². The summed E-state index contributed by atoms with van der Waals surface area (Å²) in [6, 6.07) is 4.46. The summed E-state index contributed by atoms with van der Waals surface area (Å²) < 4.78 is 1.76. The van der Waals surface area contributed by atoms with Crippen molar-refractivity contribution in [2.45, 2.75) is 13.0 Å². The third-order valence-electron chi connectivity index (χ3n) is 2.90. The van der Waals surface area contributed by atoms with Crippen molar-refractivity contribution >= 4 is 17.3 Å². The van der Waals surface area contributed by atoms with E-state index in [1.165, 1.54) is 12.1 Å². The van der Waals surface area contributed by atoms with Crippen LogP contribution in [0.3, 0.4) is 0 Å². The highest BCUT2D eigenvalue weighted by Crippen LogP contribution is 2.21. The van der Waals surface area contributed by atoms with E-state index in [0.717, 1.165) is 24.1 Å². The summed E-state index contributed by atoms with van der Waals surface area (Å²) in [7, 11) is 1.87. The number of nitrogens with zero attached hydrogens (tertiary/aromatic N) is 3. The molecule has 0 bridgehead atoms. The van der Waals surface area contributed by atoms with Gasteiger partial charge in [-0.15, -0.1) is 0 Å². The molecule has 0 spiro atoms. The van der Waals surface area contributed by atoms with Crippen molar-refractivity contribution in [1.29, 1.82) is 0 Å². The second kappa shape index (κ2) is 6.49. The van der Waals surface area contributed by atoms with E-state index >= 15 is 0 Å². The van der Waals surface area contributed by atoms with Crippen LogP contribution in [-0.4, -0.2) is 21.2 Å². The first-order chi connectivity index (χ1) is 9.56. The second-order valence-corrected chi connectivity index (χ2v) is 4.89. The number of halogens is 1. The number of nitro benzene ring substituents is 1. The van der Waals surface area contributed by atoms with Gasteiger partial charge in [-0.05, 0) is 30.2 Å². The Balaban J connectivity index is 1.87. The van der Waals surface area contributed by atoms with Crippen LogP contribution in [-0.2, 0) is 20.0 Å². The van der Waals surface area contributed by atoms with Gasteiger partial charge in [0.1, 0.15) is 0 Å². The lowest BCUT2D eigenvalue weighted by Crippen LogP contribution is -2.16. The topological polar surface area (TPSA) is 73.0 Å². The lowest BCUT2D eigenvalue weighted by molar-refractivity contribution is -0.384. The van der Waals surface area contributed by atoms with Crippen molar-refractivity contribution in [3.05, 3.63) is 56.9 Å². The summed E-state index contributed by atoms with van der Waals surface area (Å²) in [5, 5.41) is 18.6. The predicted octanol–water partition coefficient (Wildman–Crippen LogP) is 2.31. The van der Waals surface area contributed by atoms with Crippen LogP contribution >= 0.6 is 11.6 Å². The molecule has 0 aliphatic rings. The Morgan fingerprint density at radius 2 is 2.30 bits per heavy atom. The minimum absolute atomic E-state index is 0.0541. The molecule has 7 heteroatoms. The van der Waals surface area contributed by atoms with E-state index in [-0.39, 0.29) is 5.69 Å². The highest BCUT2D eigenvalue weighted by molar-refractivity contribution is 6.31. The van der Waals surface area contributed by atoms with Gasteiger partial charge in [0.2, 0.25) is 0 Å². The number of non-ortho nitro benzene ring substituents is 1. The molecule has 1 heterocycles. The van der Waals surface area contributed by atoms with Crippen molar-refractivity contribution in [3.63, 3.8) is 0 Å². The molecule has 0 amide bonds. The van der Waals surface area contributed by atoms with Gasteiger partial charge in [0.05, 0.1) is 11.1 Å². The number of hydrogen-bond donors (Lipinski definition) is 1. The molecule has 106 valence electrons. The van der Waals surface area contributed by atoms with Crippen LogP contribution in [0.1, 0.15) is 11.1 Å². The minimum Gasteiger partial charge on any atom is -0.312 e. The minimum atomic E-state index is -0.421. The highest BCUT2D eigenvalue weighted by atomic mass is 35.5. The molecule has 0 saturated heterocycles. The first-order valence-electron chi connectivity index (χ1n) is 6.17. The third kappa shape index (κ3) is 3.79. The quantitative estimate of drug-likeness (QED) is 0.504. The molecule has 0 radical (unpaired) electrons. The Morgan fingerprint density at radius 1 is 1.50 bits per heavy atom. The molecule has 0 atom stereocenters. The van der Waals surface area contributed by atoms with Crippen molar-refractivity contribution in [3.8, 4) is 0 Å². The van der Waals surface area contributed by atoms with E-state index in [4.69, 9.17) is 11.6 Å². The summed E-state index contributed by atoms with van der Waals surface area (Å²) in [6.45, 7) is 1.26. The molecule has 0 saturated carbocycles. The van der Waals surface area contributed by atoms with E-state index in [1.54, 1.807) is 10.7 Å². The van der Waals surface area contributed by atoms with Crippen molar-refractivity contribution in [1.82, 2.24) is 15.1 Å². The normalized spacial score (nSPS) is 10.7. The van der Waals surface area contributed by atoms with Gasteiger partial charge in [0.15, 0.2) is 0 Å². The molecule has 0 fully saturated rings. The SMILES string of the molecule is Cn1cc(CCNCc2cc([N+](=O)[O-])ccc2Cl)cn1. The molecule has 0 unspecified atom stereocenters. The molecule has 1 N–H and O–H groups in total. The zero-order valence-electron chi connectivity index (χ0n) is 11.0. The summed E-state index contributed by atoms with van der Waals surface area (Å²) in [6.07, 6.45) is 4.63. The van der Waals surface area contributed by atoms with Crippen LogP contribution in [0, 0.1) is 10.1 Å². The number of nitrogens with one attached hydrogen (secondary N) is 1. The fraction of sp³-hybridized carbons (Fsp3) is 0.308. The average Bonchev–Trinajstić information content (AvgIpc) is 2.82. The smallest absolute Gasteiger partial charge is 0.269 e. The van der Waals surface area contributed by atoms with Crippen LogP contribution in [0.4, 0.5) is 5.69 Å². The highest BCUT2D eigenvalue weighted by Gasteiger charge is 2.09. The van der Waals surface area contributed by atoms with Gasteiger partial charge < -0.3 is 5.32 Å². The van der Waals surface area contributed by atoms with E-state index in [9.17, 15) is 10.1 Å². The summed E-state index contributed by atoms with van der Waals surface area (Å²) in [4.78, 5) is 10.3. The molecule has 1 aromatic heterocycles. The fourth-order valence-electron chi connectivity index (χ4n) is 1.87. The largest absolute Gasteiger partial charge is 0.312 e. The van der Waals surface area contributed by atoms with E-state index in [0.29, 0.717) is 11.6 Å². The summed E-state index contributed by atoms with van der Waals surface area (Å²) >= 11 is 6.02. The summed E-state index contributed by atoms with van der Waals surface area (Å²) in [5.74, 6) is 0. The maximum atomic E-state index is 10.7. The van der Waals surface area contributed by atoms with Gasteiger partial charge in [-0.1, -0.05) is 11.6 Å². The Bertz CT molecular complexity index is 612. The molecule has 20 heavy (non-hydrogen) atoms. The summed E-state index contributed by atoms with van der Waals surface area (Å²) in [5.41, 5.74) is 1.93. The van der Waals surface area contributed by atoms with Gasteiger partial charge in [-0.25, -0.2) is 0 Å². The molecule has 0 aliphatic carbocycles. The van der Waals surface area contributed by atoms with Crippen LogP contribution in [0.2, 0.25) is 5.02 Å². The molecule has 2 rings (SSSR count).